The van der Waals surface area contributed by atoms with E-state index < -0.39 is 11.6 Å². The Morgan fingerprint density at radius 2 is 1.23 bits per heavy atom. The number of nitrogens with zero attached hydrogens (tertiary/aromatic N) is 1. The molecule has 0 amide bonds. The van der Waals surface area contributed by atoms with Crippen LogP contribution in [0.5, 0.6) is 0 Å². The molecule has 0 bridgehead atoms. The number of allylic oxidation sites excluding steroid dienone is 1. The molecule has 1 aliphatic heterocycles. The third kappa shape index (κ3) is 17.7. The fourth-order valence-corrected chi connectivity index (χ4v) is 5.49. The van der Waals surface area contributed by atoms with E-state index in [4.69, 9.17) is 4.74 Å². The number of aliphatic imine (C=N–C) groups is 1. The molecule has 226 valence electrons. The van der Waals surface area contributed by atoms with E-state index >= 15 is 0 Å². The zero-order chi connectivity index (χ0) is 28.4. The van der Waals surface area contributed by atoms with E-state index in [1.54, 1.807) is 18.4 Å². The predicted molar refractivity (Wildman–Crippen MR) is 164 cm³/mol. The quantitative estimate of drug-likeness (QED) is 0.0782. The summed E-state index contributed by atoms with van der Waals surface area (Å²) in [5, 5.41) is 9.50. The maximum absolute atomic E-state index is 13.2. The number of hydrogen-bond donors (Lipinski definition) is 1. The number of hydrogen-bond acceptors (Lipinski definition) is 5. The Morgan fingerprint density at radius 3 is 1.69 bits per heavy atom. The lowest BCUT2D eigenvalue weighted by atomic mass is 9.87. The molecule has 0 saturated heterocycles. The van der Waals surface area contributed by atoms with Gasteiger partial charge < -0.3 is 9.84 Å². The predicted octanol–water partition coefficient (Wildman–Crippen LogP) is 9.24. The van der Waals surface area contributed by atoms with Crippen molar-refractivity contribution in [1.29, 1.82) is 0 Å². The summed E-state index contributed by atoms with van der Waals surface area (Å²) in [7, 11) is 0. The number of ether oxygens (including phenoxy) is 1. The summed E-state index contributed by atoms with van der Waals surface area (Å²) in [6.45, 7) is 4.40. The summed E-state index contributed by atoms with van der Waals surface area (Å²) in [4.78, 5) is 30.2. The van der Waals surface area contributed by atoms with Crippen molar-refractivity contribution < 1.29 is 19.4 Å². The van der Waals surface area contributed by atoms with Gasteiger partial charge in [0.1, 0.15) is 11.6 Å². The smallest absolute Gasteiger partial charge is 0.306 e. The zero-order valence-electron chi connectivity index (χ0n) is 25.6. The second-order valence-electron chi connectivity index (χ2n) is 11.7. The van der Waals surface area contributed by atoms with E-state index in [0.717, 1.165) is 25.7 Å². The van der Waals surface area contributed by atoms with Gasteiger partial charge in [-0.15, -0.1) is 0 Å². The van der Waals surface area contributed by atoms with Crippen LogP contribution in [0.2, 0.25) is 0 Å². The number of aliphatic hydroxyl groups is 1. The van der Waals surface area contributed by atoms with Gasteiger partial charge in [0.2, 0.25) is 0 Å². The molecule has 2 atom stereocenters. The van der Waals surface area contributed by atoms with Gasteiger partial charge in [-0.2, -0.15) is 0 Å². The second kappa shape index (κ2) is 24.3. The fraction of sp³-hybridized carbons (Fsp3) is 0.853. The number of unbranched alkanes of at least 4 members (excludes halogenated alkanes) is 18. The molecule has 0 aromatic heterocycles. The third-order valence-electron chi connectivity index (χ3n) is 8.06. The van der Waals surface area contributed by atoms with Gasteiger partial charge in [-0.1, -0.05) is 129 Å². The molecule has 0 aliphatic carbocycles. The van der Waals surface area contributed by atoms with Crippen LogP contribution in [-0.2, 0) is 14.3 Å². The van der Waals surface area contributed by atoms with Crippen molar-refractivity contribution in [2.45, 2.75) is 180 Å². The molecule has 1 N–H and O–H groups in total. The molecule has 0 spiro atoms. The molecule has 1 aliphatic rings. The Morgan fingerprint density at radius 1 is 0.744 bits per heavy atom. The minimum Gasteiger partial charge on any atom is -0.462 e. The van der Waals surface area contributed by atoms with E-state index in [1.807, 2.05) is 0 Å². The normalized spacial score (nSPS) is 17.1. The Labute approximate surface area is 240 Å². The largest absolute Gasteiger partial charge is 0.462 e. The summed E-state index contributed by atoms with van der Waals surface area (Å²) in [5.41, 5.74) is -0.992. The topological polar surface area (TPSA) is 76.0 Å². The summed E-state index contributed by atoms with van der Waals surface area (Å²) < 4.78 is 5.87. The molecule has 5 nitrogen and oxygen atoms in total. The van der Waals surface area contributed by atoms with Gasteiger partial charge in [0, 0.05) is 32.1 Å². The highest BCUT2D eigenvalue weighted by Gasteiger charge is 2.37. The van der Waals surface area contributed by atoms with Gasteiger partial charge in [-0.25, -0.2) is 0 Å². The Kier molecular flexibility index (Phi) is 22.2. The SMILES string of the molecule is CCCCCCCCCCCCCC(=O)OC(CCCCCCCCCCC)CC(=O)C1(CCO)C=CC=N1. The van der Waals surface area contributed by atoms with E-state index in [9.17, 15) is 14.7 Å². The van der Waals surface area contributed by atoms with Crippen molar-refractivity contribution in [2.75, 3.05) is 6.61 Å². The van der Waals surface area contributed by atoms with Crippen molar-refractivity contribution in [3.63, 3.8) is 0 Å². The molecule has 0 aromatic carbocycles. The van der Waals surface area contributed by atoms with Gasteiger partial charge in [0.25, 0.3) is 0 Å². The van der Waals surface area contributed by atoms with E-state index in [-0.39, 0.29) is 31.2 Å². The minimum atomic E-state index is -0.992. The molecule has 1 heterocycles. The first-order valence-electron chi connectivity index (χ1n) is 16.6. The second-order valence-corrected chi connectivity index (χ2v) is 11.7. The molecule has 39 heavy (non-hydrogen) atoms. The first-order valence-corrected chi connectivity index (χ1v) is 16.6. The molecule has 2 unspecified atom stereocenters. The lowest BCUT2D eigenvalue weighted by molar-refractivity contribution is -0.151. The van der Waals surface area contributed by atoms with Crippen LogP contribution in [0, 0.1) is 0 Å². The van der Waals surface area contributed by atoms with Crippen molar-refractivity contribution in [1.82, 2.24) is 0 Å². The number of Topliss-reactive ketones (excluding diaryl/α,β-unsaturated/α-hetero) is 1. The molecular weight excluding hydrogens is 486 g/mol. The molecule has 0 saturated carbocycles. The average molecular weight is 548 g/mol. The van der Waals surface area contributed by atoms with E-state index in [2.05, 4.69) is 18.8 Å². The average Bonchev–Trinajstić information content (AvgIpc) is 3.41. The number of carbonyl (C=O) groups excluding carboxylic acids is 2. The molecular formula is C34H61NO4. The van der Waals surface area contributed by atoms with Crippen molar-refractivity contribution in [2.24, 2.45) is 4.99 Å². The van der Waals surface area contributed by atoms with Crippen LogP contribution in [0.1, 0.15) is 168 Å². The van der Waals surface area contributed by atoms with Crippen molar-refractivity contribution in [3.05, 3.63) is 12.2 Å². The number of esters is 1. The van der Waals surface area contributed by atoms with Gasteiger partial charge in [0.05, 0.1) is 0 Å². The Balaban J connectivity index is 2.37. The van der Waals surface area contributed by atoms with Crippen LogP contribution in [0.3, 0.4) is 0 Å². The van der Waals surface area contributed by atoms with Crippen LogP contribution in [0.4, 0.5) is 0 Å². The zero-order valence-corrected chi connectivity index (χ0v) is 25.6. The highest BCUT2D eigenvalue weighted by Crippen LogP contribution is 2.27. The van der Waals surface area contributed by atoms with Crippen LogP contribution >= 0.6 is 0 Å². The van der Waals surface area contributed by atoms with Gasteiger partial charge in [-0.3, -0.25) is 14.6 Å². The standard InChI is InChI=1S/C34H61NO4/c1-3-5-7-9-11-13-14-16-18-20-22-25-33(38)39-31(24-21-19-17-15-12-10-8-6-4-2)30-32(37)34(27-29-36)26-23-28-35-34/h23,26,28,31,36H,3-22,24-25,27,29-30H2,1-2H3. The fourth-order valence-electron chi connectivity index (χ4n) is 5.49. The van der Waals surface area contributed by atoms with Gasteiger partial charge in [0.15, 0.2) is 5.78 Å². The highest BCUT2D eigenvalue weighted by molar-refractivity contribution is 5.96. The number of ketones is 1. The van der Waals surface area contributed by atoms with Crippen LogP contribution in [0.15, 0.2) is 17.1 Å². The van der Waals surface area contributed by atoms with E-state index in [1.165, 1.54) is 103 Å². The lowest BCUT2D eigenvalue weighted by Crippen LogP contribution is -2.37. The maximum atomic E-state index is 13.2. The Hall–Kier alpha value is -1.49. The highest BCUT2D eigenvalue weighted by atomic mass is 16.5. The third-order valence-corrected chi connectivity index (χ3v) is 8.06. The minimum absolute atomic E-state index is 0.0648. The molecule has 0 radical (unpaired) electrons. The van der Waals surface area contributed by atoms with Crippen LogP contribution in [0.25, 0.3) is 0 Å². The monoisotopic (exact) mass is 547 g/mol. The molecule has 0 fully saturated rings. The van der Waals surface area contributed by atoms with Crippen LogP contribution in [-0.4, -0.2) is 41.3 Å². The summed E-state index contributed by atoms with van der Waals surface area (Å²) >= 11 is 0. The van der Waals surface area contributed by atoms with Gasteiger partial charge >= 0.3 is 5.97 Å². The first kappa shape index (κ1) is 35.5. The number of aliphatic hydroxyl groups excluding tert-OH is 1. The maximum Gasteiger partial charge on any atom is 0.306 e. The van der Waals surface area contributed by atoms with Crippen LogP contribution < -0.4 is 0 Å². The number of rotatable bonds is 28. The van der Waals surface area contributed by atoms with Crippen molar-refractivity contribution >= 4 is 18.0 Å². The molecule has 5 heteroatoms. The summed E-state index contributed by atoms with van der Waals surface area (Å²) in [6, 6.07) is 0. The van der Waals surface area contributed by atoms with E-state index in [0.29, 0.717) is 12.8 Å². The number of carbonyl (C=O) groups is 2. The summed E-state index contributed by atoms with van der Waals surface area (Å²) in [6.07, 6.45) is 31.2. The first-order chi connectivity index (χ1) is 19.1. The van der Waals surface area contributed by atoms with Crippen molar-refractivity contribution in [3.8, 4) is 0 Å². The molecule has 0 aromatic rings. The Bertz CT molecular complexity index is 660. The lowest BCUT2D eigenvalue weighted by Gasteiger charge is -2.25. The van der Waals surface area contributed by atoms with Gasteiger partial charge in [-0.05, 0) is 31.4 Å². The molecule has 1 rings (SSSR count). The summed E-state index contributed by atoms with van der Waals surface area (Å²) in [5.74, 6) is -0.244.